The number of nitrogens with zero attached hydrogens (tertiary/aromatic N) is 1. The Labute approximate surface area is 85.3 Å². The number of hydrogen-bond donors (Lipinski definition) is 1. The molecule has 0 aromatic heterocycles. The quantitative estimate of drug-likeness (QED) is 0.691. The number of nitrogens with two attached hydrogens (primary N) is 1. The SMILES string of the molecule is COC1(CN)CCN(S(C)(=O)=O)CC1. The van der Waals surface area contributed by atoms with E-state index >= 15 is 0 Å². The number of sulfonamides is 1. The van der Waals surface area contributed by atoms with E-state index in [2.05, 4.69) is 0 Å². The molecule has 0 unspecified atom stereocenters. The van der Waals surface area contributed by atoms with Gasteiger partial charge in [0.1, 0.15) is 0 Å². The maximum Gasteiger partial charge on any atom is 0.211 e. The van der Waals surface area contributed by atoms with E-state index in [1.807, 2.05) is 0 Å². The van der Waals surface area contributed by atoms with E-state index in [0.29, 0.717) is 32.5 Å². The lowest BCUT2D eigenvalue weighted by atomic mass is 9.92. The van der Waals surface area contributed by atoms with E-state index in [1.165, 1.54) is 10.6 Å². The van der Waals surface area contributed by atoms with Crippen LogP contribution in [0.5, 0.6) is 0 Å². The molecule has 14 heavy (non-hydrogen) atoms. The molecule has 1 rings (SSSR count). The Morgan fingerprint density at radius 2 is 1.93 bits per heavy atom. The van der Waals surface area contributed by atoms with Gasteiger partial charge >= 0.3 is 0 Å². The van der Waals surface area contributed by atoms with Gasteiger partial charge < -0.3 is 10.5 Å². The van der Waals surface area contributed by atoms with E-state index in [-0.39, 0.29) is 5.60 Å². The van der Waals surface area contributed by atoms with Crippen molar-refractivity contribution in [2.45, 2.75) is 18.4 Å². The summed E-state index contributed by atoms with van der Waals surface area (Å²) in [5.41, 5.74) is 5.29. The van der Waals surface area contributed by atoms with Crippen LogP contribution in [0.25, 0.3) is 0 Å². The van der Waals surface area contributed by atoms with Gasteiger partial charge in [0.2, 0.25) is 10.0 Å². The van der Waals surface area contributed by atoms with Crippen molar-refractivity contribution in [1.29, 1.82) is 0 Å². The molecule has 1 heterocycles. The molecule has 0 aliphatic carbocycles. The van der Waals surface area contributed by atoms with Crippen molar-refractivity contribution in [3.63, 3.8) is 0 Å². The molecule has 2 N–H and O–H groups in total. The number of hydrogen-bond acceptors (Lipinski definition) is 4. The first-order valence-electron chi connectivity index (χ1n) is 4.64. The minimum Gasteiger partial charge on any atom is -0.377 e. The number of ether oxygens (including phenoxy) is 1. The Morgan fingerprint density at radius 1 is 1.43 bits per heavy atom. The normalized spacial score (nSPS) is 23.6. The van der Waals surface area contributed by atoms with Crippen LogP contribution in [-0.4, -0.2) is 51.3 Å². The maximum absolute atomic E-state index is 11.2. The van der Waals surface area contributed by atoms with Gasteiger partial charge in [0.05, 0.1) is 11.9 Å². The molecule has 0 spiro atoms. The molecular weight excluding hydrogens is 204 g/mol. The zero-order valence-electron chi connectivity index (χ0n) is 8.69. The third-order valence-corrected chi connectivity index (χ3v) is 4.21. The first-order valence-corrected chi connectivity index (χ1v) is 6.49. The van der Waals surface area contributed by atoms with E-state index < -0.39 is 10.0 Å². The number of piperidine rings is 1. The summed E-state index contributed by atoms with van der Waals surface area (Å²) in [5, 5.41) is 0. The molecule has 0 saturated carbocycles. The van der Waals surface area contributed by atoms with Crippen molar-refractivity contribution >= 4 is 10.0 Å². The third-order valence-electron chi connectivity index (χ3n) is 2.91. The van der Waals surface area contributed by atoms with Gasteiger partial charge in [0.15, 0.2) is 0 Å². The van der Waals surface area contributed by atoms with Crippen LogP contribution in [0.1, 0.15) is 12.8 Å². The van der Waals surface area contributed by atoms with Crippen molar-refractivity contribution in [2.75, 3.05) is 33.0 Å². The first-order chi connectivity index (χ1) is 6.43. The van der Waals surface area contributed by atoms with Crippen molar-refractivity contribution in [3.05, 3.63) is 0 Å². The molecule has 0 aromatic rings. The fourth-order valence-electron chi connectivity index (χ4n) is 1.72. The van der Waals surface area contributed by atoms with Crippen molar-refractivity contribution < 1.29 is 13.2 Å². The van der Waals surface area contributed by atoms with Gasteiger partial charge in [-0.15, -0.1) is 0 Å². The highest BCUT2D eigenvalue weighted by atomic mass is 32.2. The van der Waals surface area contributed by atoms with Crippen LogP contribution in [-0.2, 0) is 14.8 Å². The summed E-state index contributed by atoms with van der Waals surface area (Å²) in [6.45, 7) is 1.45. The third kappa shape index (κ3) is 2.44. The zero-order valence-corrected chi connectivity index (χ0v) is 9.51. The lowest BCUT2D eigenvalue weighted by molar-refractivity contribution is -0.0376. The lowest BCUT2D eigenvalue weighted by Gasteiger charge is -2.38. The standard InChI is InChI=1S/C8H18N2O3S/c1-13-8(7-9)3-5-10(6-4-8)14(2,11)12/h3-7,9H2,1-2H3. The molecule has 1 saturated heterocycles. The highest BCUT2D eigenvalue weighted by molar-refractivity contribution is 7.88. The predicted octanol–water partition coefficient (Wildman–Crippen LogP) is -0.614. The second kappa shape index (κ2) is 4.14. The van der Waals surface area contributed by atoms with Gasteiger partial charge in [-0.1, -0.05) is 0 Å². The summed E-state index contributed by atoms with van der Waals surface area (Å²) in [4.78, 5) is 0. The van der Waals surface area contributed by atoms with Gasteiger partial charge in [0, 0.05) is 26.7 Å². The highest BCUT2D eigenvalue weighted by Gasteiger charge is 2.35. The van der Waals surface area contributed by atoms with Gasteiger partial charge in [-0.05, 0) is 12.8 Å². The van der Waals surface area contributed by atoms with E-state index in [1.54, 1.807) is 7.11 Å². The van der Waals surface area contributed by atoms with Crippen molar-refractivity contribution in [2.24, 2.45) is 5.73 Å². The van der Waals surface area contributed by atoms with Crippen LogP contribution in [0.3, 0.4) is 0 Å². The van der Waals surface area contributed by atoms with Gasteiger partial charge in [-0.25, -0.2) is 12.7 Å². The minimum atomic E-state index is -3.06. The van der Waals surface area contributed by atoms with E-state index in [0.717, 1.165) is 0 Å². The summed E-state index contributed by atoms with van der Waals surface area (Å²) in [7, 11) is -1.43. The van der Waals surface area contributed by atoms with Gasteiger partial charge in [-0.2, -0.15) is 0 Å². The topological polar surface area (TPSA) is 72.6 Å². The average molecular weight is 222 g/mol. The fourth-order valence-corrected chi connectivity index (χ4v) is 2.56. The number of methoxy groups -OCH3 is 1. The molecular formula is C8H18N2O3S. The van der Waals surface area contributed by atoms with Crippen molar-refractivity contribution in [3.8, 4) is 0 Å². The Morgan fingerprint density at radius 3 is 2.21 bits per heavy atom. The Bertz CT molecular complexity index is 275. The fraction of sp³-hybridized carbons (Fsp3) is 1.00. The second-order valence-corrected chi connectivity index (χ2v) is 5.74. The van der Waals surface area contributed by atoms with Crippen molar-refractivity contribution in [1.82, 2.24) is 4.31 Å². The lowest BCUT2D eigenvalue weighted by Crippen LogP contribution is -2.51. The molecule has 1 fully saturated rings. The van der Waals surface area contributed by atoms with Crippen LogP contribution in [0.4, 0.5) is 0 Å². The summed E-state index contributed by atoms with van der Waals surface area (Å²) < 4.78 is 29.3. The predicted molar refractivity (Wildman–Crippen MR) is 54.4 cm³/mol. The van der Waals surface area contributed by atoms with Gasteiger partial charge in [-0.3, -0.25) is 0 Å². The second-order valence-electron chi connectivity index (χ2n) is 3.75. The zero-order chi connectivity index (χ0) is 10.8. The molecule has 0 bridgehead atoms. The van der Waals surface area contributed by atoms with Crippen LogP contribution in [0.2, 0.25) is 0 Å². The molecule has 0 amide bonds. The maximum atomic E-state index is 11.2. The molecule has 0 atom stereocenters. The van der Waals surface area contributed by atoms with Gasteiger partial charge in [0.25, 0.3) is 0 Å². The Hall–Kier alpha value is -0.170. The molecule has 1 aliphatic rings. The smallest absolute Gasteiger partial charge is 0.211 e. The van der Waals surface area contributed by atoms with Crippen LogP contribution < -0.4 is 5.73 Å². The first kappa shape index (κ1) is 11.9. The summed E-state index contributed by atoms with van der Waals surface area (Å²) in [6, 6.07) is 0. The van der Waals surface area contributed by atoms with Crippen LogP contribution >= 0.6 is 0 Å². The van der Waals surface area contributed by atoms with Crippen LogP contribution in [0, 0.1) is 0 Å². The summed E-state index contributed by atoms with van der Waals surface area (Å²) >= 11 is 0. The Kier molecular flexibility index (Phi) is 3.52. The van der Waals surface area contributed by atoms with Crippen LogP contribution in [0.15, 0.2) is 0 Å². The average Bonchev–Trinajstić information content (AvgIpc) is 2.16. The molecule has 84 valence electrons. The summed E-state index contributed by atoms with van der Waals surface area (Å²) in [6.07, 6.45) is 2.58. The highest BCUT2D eigenvalue weighted by Crippen LogP contribution is 2.25. The molecule has 1 aliphatic heterocycles. The largest absolute Gasteiger partial charge is 0.377 e. The minimum absolute atomic E-state index is 0.318. The summed E-state index contributed by atoms with van der Waals surface area (Å²) in [5.74, 6) is 0. The van der Waals surface area contributed by atoms with E-state index in [9.17, 15) is 8.42 Å². The molecule has 5 nitrogen and oxygen atoms in total. The molecule has 6 heteroatoms. The Balaban J connectivity index is 2.62. The monoisotopic (exact) mass is 222 g/mol. The molecule has 0 aromatic carbocycles. The number of rotatable bonds is 3. The van der Waals surface area contributed by atoms with E-state index in [4.69, 9.17) is 10.5 Å². The molecule has 0 radical (unpaired) electrons.